The summed E-state index contributed by atoms with van der Waals surface area (Å²) in [7, 11) is 0.370. The van der Waals surface area contributed by atoms with Crippen molar-refractivity contribution in [1.82, 2.24) is 0 Å². The zero-order valence-corrected chi connectivity index (χ0v) is 5.28. The fraction of sp³-hybridized carbons (Fsp3) is 0. The van der Waals surface area contributed by atoms with E-state index in [0.717, 1.165) is 0 Å². The van der Waals surface area contributed by atoms with Gasteiger partial charge in [-0.25, -0.2) is 0 Å². The van der Waals surface area contributed by atoms with Crippen LogP contribution in [-0.4, -0.2) is 7.35 Å². The van der Waals surface area contributed by atoms with Gasteiger partial charge in [-0.1, -0.05) is 0 Å². The number of hydrogen-bond acceptors (Lipinski definition) is 3. The molecular weight excluding hydrogens is 129 g/mol. The van der Waals surface area contributed by atoms with Crippen molar-refractivity contribution in [1.29, 1.82) is 0 Å². The number of nitrogen functional groups attached to an aromatic ring is 1. The second kappa shape index (κ2) is 3.01. The zero-order chi connectivity index (χ0) is 7.40. The van der Waals surface area contributed by atoms with Crippen molar-refractivity contribution in [2.45, 2.75) is 0 Å². The molecule has 1 aromatic rings. The number of benzene rings is 1. The van der Waals surface area contributed by atoms with Gasteiger partial charge < -0.3 is 0 Å². The second-order valence-electron chi connectivity index (χ2n) is 1.79. The summed E-state index contributed by atoms with van der Waals surface area (Å²) >= 11 is 0. The van der Waals surface area contributed by atoms with E-state index in [9.17, 15) is 4.70 Å². The van der Waals surface area contributed by atoms with Gasteiger partial charge in [-0.2, -0.15) is 0 Å². The Morgan fingerprint density at radius 1 is 1.50 bits per heavy atom. The van der Waals surface area contributed by atoms with E-state index in [4.69, 9.17) is 5.73 Å². The maximum absolute atomic E-state index is 9.82. The fourth-order valence-corrected chi connectivity index (χ4v) is 0.643. The van der Waals surface area contributed by atoms with Gasteiger partial charge in [-0.3, -0.25) is 0 Å². The molecule has 0 saturated carbocycles. The van der Waals surface area contributed by atoms with Gasteiger partial charge >= 0.3 is 58.1 Å². The molecule has 0 amide bonds. The van der Waals surface area contributed by atoms with E-state index >= 15 is 0 Å². The number of nitrogens with two attached hydrogens (primary N) is 1. The van der Waals surface area contributed by atoms with E-state index in [1.54, 1.807) is 24.3 Å². The first-order chi connectivity index (χ1) is 4.83. The Balaban J connectivity index is 2.84. The zero-order valence-electron chi connectivity index (χ0n) is 5.28. The Hall–Kier alpha value is -1.32. The Labute approximate surface area is 59.1 Å². The normalized spacial score (nSPS) is 8.40. The predicted octanol–water partition coefficient (Wildman–Crippen LogP) is 0.612. The Kier molecular flexibility index (Phi) is 2.05. The molecule has 0 unspecified atom stereocenters. The van der Waals surface area contributed by atoms with Gasteiger partial charge in [0.05, 0.1) is 0 Å². The van der Waals surface area contributed by atoms with Gasteiger partial charge in [0.15, 0.2) is 0 Å². The summed E-state index contributed by atoms with van der Waals surface area (Å²) < 4.78 is 14.3. The van der Waals surface area contributed by atoms with Crippen LogP contribution in [0.3, 0.4) is 0 Å². The molecule has 0 aliphatic heterocycles. The van der Waals surface area contributed by atoms with Crippen LogP contribution in [0, 0.1) is 0 Å². The van der Waals surface area contributed by atoms with Crippen LogP contribution in [0.1, 0.15) is 0 Å². The van der Waals surface area contributed by atoms with E-state index in [-0.39, 0.29) is 0 Å². The predicted molar refractivity (Wildman–Crippen MR) is 37.9 cm³/mol. The summed E-state index contributed by atoms with van der Waals surface area (Å²) in [6, 6.07) is 6.67. The molecule has 10 heavy (non-hydrogen) atoms. The molecule has 0 spiro atoms. The van der Waals surface area contributed by atoms with E-state index < -0.39 is 0 Å². The second-order valence-corrected chi connectivity index (χ2v) is 1.79. The van der Waals surface area contributed by atoms with Crippen molar-refractivity contribution in [3.05, 3.63) is 24.3 Å². The maximum atomic E-state index is 9.82. The third kappa shape index (κ3) is 1.58. The Bertz CT molecular complexity index is 239. The first-order valence-electron chi connectivity index (χ1n) is 2.79. The summed E-state index contributed by atoms with van der Waals surface area (Å²) in [5, 5.41) is 0. The van der Waals surface area contributed by atoms with Crippen LogP contribution in [0.4, 0.5) is 5.69 Å². The summed E-state index contributed by atoms with van der Waals surface area (Å²) in [4.78, 5) is 0. The van der Waals surface area contributed by atoms with Gasteiger partial charge in [-0.15, -0.1) is 0 Å². The van der Waals surface area contributed by atoms with E-state index in [1.165, 1.54) is 0 Å². The Morgan fingerprint density at radius 2 is 2.30 bits per heavy atom. The van der Waals surface area contributed by atoms with E-state index in [1.807, 2.05) is 0 Å². The van der Waals surface area contributed by atoms with Crippen LogP contribution in [-0.2, 0) is 4.70 Å². The summed E-state index contributed by atoms with van der Waals surface area (Å²) in [5.74, 6) is 0.468. The summed E-state index contributed by atoms with van der Waals surface area (Å²) in [6.45, 7) is 0. The topological polar surface area (TPSA) is 52.3 Å². The van der Waals surface area contributed by atoms with Crippen LogP contribution in [0.5, 0.6) is 5.75 Å². The van der Waals surface area contributed by atoms with Gasteiger partial charge in [0.25, 0.3) is 0 Å². The molecule has 4 heteroatoms. The minimum absolute atomic E-state index is 0.370. The van der Waals surface area contributed by atoms with Crippen molar-refractivity contribution < 1.29 is 9.36 Å². The molecule has 0 aliphatic rings. The third-order valence-corrected chi connectivity index (χ3v) is 1.04. The SMILES string of the molecule is Nc1cccc(OB=O)c1. The summed E-state index contributed by atoms with van der Waals surface area (Å²) in [5.41, 5.74) is 5.98. The van der Waals surface area contributed by atoms with Gasteiger partial charge in [-0.05, 0) is 0 Å². The number of anilines is 1. The van der Waals surface area contributed by atoms with Crippen molar-refractivity contribution in [3.8, 4) is 5.75 Å². The molecule has 3 nitrogen and oxygen atoms in total. The minimum atomic E-state index is 0.370. The van der Waals surface area contributed by atoms with Crippen LogP contribution in [0.25, 0.3) is 0 Å². The molecule has 0 atom stereocenters. The van der Waals surface area contributed by atoms with Crippen molar-refractivity contribution in [3.63, 3.8) is 0 Å². The van der Waals surface area contributed by atoms with Gasteiger partial charge in [0.2, 0.25) is 0 Å². The first-order valence-corrected chi connectivity index (χ1v) is 2.79. The molecule has 0 aromatic heterocycles. The average molecular weight is 135 g/mol. The molecule has 50 valence electrons. The van der Waals surface area contributed by atoms with Crippen molar-refractivity contribution in [2.24, 2.45) is 0 Å². The number of hydrogen-bond donors (Lipinski definition) is 1. The molecule has 1 rings (SSSR count). The molecule has 0 saturated heterocycles. The van der Waals surface area contributed by atoms with Crippen LogP contribution >= 0.6 is 0 Å². The fourth-order valence-electron chi connectivity index (χ4n) is 0.643. The molecular formula is C6H6BNO2. The number of rotatable bonds is 2. The molecule has 0 aliphatic carbocycles. The molecule has 2 N–H and O–H groups in total. The first kappa shape index (κ1) is 6.80. The quantitative estimate of drug-likeness (QED) is 0.477. The van der Waals surface area contributed by atoms with E-state index in [0.29, 0.717) is 18.8 Å². The van der Waals surface area contributed by atoms with Crippen LogP contribution in [0.15, 0.2) is 24.3 Å². The van der Waals surface area contributed by atoms with Crippen molar-refractivity contribution >= 4 is 13.0 Å². The van der Waals surface area contributed by atoms with Gasteiger partial charge in [0.1, 0.15) is 0 Å². The molecule has 0 radical (unpaired) electrons. The monoisotopic (exact) mass is 135 g/mol. The summed E-state index contributed by atoms with van der Waals surface area (Å²) in [6.07, 6.45) is 0. The molecule has 0 heterocycles. The standard InChI is InChI=1S/C6H6BNO2/c8-5-2-1-3-6(4-5)10-7-9/h1-4H,8H2. The van der Waals surface area contributed by atoms with Gasteiger partial charge in [0, 0.05) is 0 Å². The Morgan fingerprint density at radius 3 is 2.90 bits per heavy atom. The molecule has 0 fully saturated rings. The third-order valence-electron chi connectivity index (χ3n) is 1.04. The molecule has 0 bridgehead atoms. The van der Waals surface area contributed by atoms with Crippen LogP contribution < -0.4 is 10.4 Å². The van der Waals surface area contributed by atoms with E-state index in [2.05, 4.69) is 4.65 Å². The average Bonchev–Trinajstić information content (AvgIpc) is 1.88. The molecule has 1 aromatic carbocycles. The van der Waals surface area contributed by atoms with Crippen LogP contribution in [0.2, 0.25) is 0 Å². The van der Waals surface area contributed by atoms with Crippen molar-refractivity contribution in [2.75, 3.05) is 5.73 Å².